The predicted octanol–water partition coefficient (Wildman–Crippen LogP) is 4.44. The minimum Gasteiger partial charge on any atom is -0.305 e. The number of rotatable bonds is 5. The Morgan fingerprint density at radius 2 is 2.17 bits per heavy atom. The summed E-state index contributed by atoms with van der Waals surface area (Å²) in [6, 6.07) is 9.99. The predicted molar refractivity (Wildman–Crippen MR) is 75.3 cm³/mol. The van der Waals surface area contributed by atoms with Crippen LogP contribution in [0.5, 0.6) is 0 Å². The van der Waals surface area contributed by atoms with Crippen LogP contribution >= 0.6 is 11.3 Å². The topological polar surface area (TPSA) is 12.0 Å². The summed E-state index contributed by atoms with van der Waals surface area (Å²) in [7, 11) is 0. The molecular weight excluding hydrogens is 245 g/mol. The van der Waals surface area contributed by atoms with Crippen molar-refractivity contribution in [2.45, 2.75) is 32.9 Å². The maximum absolute atomic E-state index is 13.4. The van der Waals surface area contributed by atoms with Crippen molar-refractivity contribution in [3.8, 4) is 0 Å². The molecule has 1 nitrogen and oxygen atoms in total. The summed E-state index contributed by atoms with van der Waals surface area (Å²) in [4.78, 5) is 1.34. The maximum atomic E-state index is 13.4. The first-order valence-corrected chi connectivity index (χ1v) is 7.10. The van der Waals surface area contributed by atoms with Gasteiger partial charge in [0.15, 0.2) is 0 Å². The third kappa shape index (κ3) is 3.18. The third-order valence-electron chi connectivity index (χ3n) is 3.08. The molecule has 0 saturated heterocycles. The average molecular weight is 263 g/mol. The number of hydrogen-bond acceptors (Lipinski definition) is 2. The van der Waals surface area contributed by atoms with Gasteiger partial charge in [-0.3, -0.25) is 0 Å². The highest BCUT2D eigenvalue weighted by Gasteiger charge is 2.09. The van der Waals surface area contributed by atoms with E-state index in [1.165, 1.54) is 4.88 Å². The first-order chi connectivity index (χ1) is 8.70. The minimum absolute atomic E-state index is 0.126. The Bertz CT molecular complexity index is 493. The second-order valence-corrected chi connectivity index (χ2v) is 5.42. The van der Waals surface area contributed by atoms with Gasteiger partial charge in [0.05, 0.1) is 0 Å². The van der Waals surface area contributed by atoms with E-state index in [9.17, 15) is 4.39 Å². The van der Waals surface area contributed by atoms with Crippen LogP contribution in [0.15, 0.2) is 35.7 Å². The molecule has 0 fully saturated rings. The molecule has 1 atom stereocenters. The first-order valence-electron chi connectivity index (χ1n) is 6.22. The lowest BCUT2D eigenvalue weighted by Gasteiger charge is -2.15. The monoisotopic (exact) mass is 263 g/mol. The van der Waals surface area contributed by atoms with Gasteiger partial charge in [-0.15, -0.1) is 11.3 Å². The van der Waals surface area contributed by atoms with E-state index in [1.807, 2.05) is 12.1 Å². The van der Waals surface area contributed by atoms with Crippen LogP contribution in [0.2, 0.25) is 0 Å². The van der Waals surface area contributed by atoms with Gasteiger partial charge in [-0.1, -0.05) is 25.1 Å². The van der Waals surface area contributed by atoms with Crippen molar-refractivity contribution in [2.75, 3.05) is 0 Å². The van der Waals surface area contributed by atoms with E-state index in [0.717, 1.165) is 12.0 Å². The average Bonchev–Trinajstić information content (AvgIpc) is 2.88. The van der Waals surface area contributed by atoms with Crippen LogP contribution in [0.1, 0.15) is 35.4 Å². The number of aryl methyl sites for hydroxylation is 1. The van der Waals surface area contributed by atoms with E-state index in [1.54, 1.807) is 24.3 Å². The van der Waals surface area contributed by atoms with Crippen LogP contribution in [0.4, 0.5) is 4.39 Å². The summed E-state index contributed by atoms with van der Waals surface area (Å²) in [6.07, 6.45) is 1.04. The molecule has 0 saturated carbocycles. The SMILES string of the molecule is CCC(NCc1ccc(C)c(F)c1)c1cccs1. The van der Waals surface area contributed by atoms with E-state index in [-0.39, 0.29) is 5.82 Å². The van der Waals surface area contributed by atoms with Gasteiger partial charge < -0.3 is 5.32 Å². The molecule has 0 amide bonds. The molecule has 0 spiro atoms. The van der Waals surface area contributed by atoms with Crippen molar-refractivity contribution < 1.29 is 4.39 Å². The molecule has 2 aromatic rings. The van der Waals surface area contributed by atoms with Crippen LogP contribution in [-0.2, 0) is 6.54 Å². The highest BCUT2D eigenvalue weighted by molar-refractivity contribution is 7.10. The zero-order valence-electron chi connectivity index (χ0n) is 10.7. The number of hydrogen-bond donors (Lipinski definition) is 1. The van der Waals surface area contributed by atoms with E-state index in [2.05, 4.69) is 29.8 Å². The smallest absolute Gasteiger partial charge is 0.126 e. The Balaban J connectivity index is 1.99. The van der Waals surface area contributed by atoms with Gasteiger partial charge in [0.25, 0.3) is 0 Å². The fourth-order valence-corrected chi connectivity index (χ4v) is 2.81. The first kappa shape index (κ1) is 13.2. The van der Waals surface area contributed by atoms with Crippen molar-refractivity contribution in [2.24, 2.45) is 0 Å². The van der Waals surface area contributed by atoms with Gasteiger partial charge in [0.2, 0.25) is 0 Å². The lowest BCUT2D eigenvalue weighted by molar-refractivity contribution is 0.524. The molecule has 0 radical (unpaired) electrons. The Hall–Kier alpha value is -1.19. The number of thiophene rings is 1. The van der Waals surface area contributed by atoms with Gasteiger partial charge in [-0.05, 0) is 42.0 Å². The molecule has 0 aliphatic rings. The Morgan fingerprint density at radius 1 is 1.33 bits per heavy atom. The fourth-order valence-electron chi connectivity index (χ4n) is 1.92. The molecule has 2 rings (SSSR count). The van der Waals surface area contributed by atoms with Gasteiger partial charge in [0.1, 0.15) is 5.82 Å². The van der Waals surface area contributed by atoms with Crippen LogP contribution in [0, 0.1) is 12.7 Å². The van der Waals surface area contributed by atoms with Gasteiger partial charge in [0, 0.05) is 17.5 Å². The molecule has 18 heavy (non-hydrogen) atoms. The van der Waals surface area contributed by atoms with Crippen LogP contribution in [0.25, 0.3) is 0 Å². The summed E-state index contributed by atoms with van der Waals surface area (Å²) in [5.74, 6) is -0.126. The second-order valence-electron chi connectivity index (χ2n) is 4.44. The third-order valence-corrected chi connectivity index (χ3v) is 4.07. The van der Waals surface area contributed by atoms with Crippen molar-refractivity contribution in [3.63, 3.8) is 0 Å². The highest BCUT2D eigenvalue weighted by Crippen LogP contribution is 2.22. The van der Waals surface area contributed by atoms with Crippen molar-refractivity contribution in [1.29, 1.82) is 0 Å². The Labute approximate surface area is 112 Å². The quantitative estimate of drug-likeness (QED) is 0.841. The highest BCUT2D eigenvalue weighted by atomic mass is 32.1. The zero-order chi connectivity index (χ0) is 13.0. The van der Waals surface area contributed by atoms with E-state index >= 15 is 0 Å². The molecule has 1 aromatic heterocycles. The second kappa shape index (κ2) is 6.12. The number of benzene rings is 1. The standard InChI is InChI=1S/C15H18FNS/c1-3-14(15-5-4-8-18-15)17-10-12-7-6-11(2)13(16)9-12/h4-9,14,17H,3,10H2,1-2H3. The van der Waals surface area contributed by atoms with Crippen LogP contribution in [-0.4, -0.2) is 0 Å². The van der Waals surface area contributed by atoms with Gasteiger partial charge in [-0.2, -0.15) is 0 Å². The Kier molecular flexibility index (Phi) is 4.50. The molecular formula is C15H18FNS. The minimum atomic E-state index is -0.126. The lowest BCUT2D eigenvalue weighted by atomic mass is 10.1. The molecule has 1 heterocycles. The molecule has 1 aromatic carbocycles. The summed E-state index contributed by atoms with van der Waals surface area (Å²) in [5.41, 5.74) is 1.69. The zero-order valence-corrected chi connectivity index (χ0v) is 11.6. The lowest BCUT2D eigenvalue weighted by Crippen LogP contribution is -2.19. The van der Waals surface area contributed by atoms with E-state index in [0.29, 0.717) is 18.2 Å². The van der Waals surface area contributed by atoms with Gasteiger partial charge >= 0.3 is 0 Å². The normalized spacial score (nSPS) is 12.6. The van der Waals surface area contributed by atoms with Gasteiger partial charge in [-0.25, -0.2) is 4.39 Å². The largest absolute Gasteiger partial charge is 0.305 e. The summed E-state index contributed by atoms with van der Waals surface area (Å²) in [5, 5.41) is 5.57. The summed E-state index contributed by atoms with van der Waals surface area (Å²) in [6.45, 7) is 4.65. The molecule has 0 aliphatic carbocycles. The fraction of sp³-hybridized carbons (Fsp3) is 0.333. The summed E-state index contributed by atoms with van der Waals surface area (Å²) >= 11 is 1.76. The number of nitrogens with one attached hydrogen (secondary N) is 1. The maximum Gasteiger partial charge on any atom is 0.126 e. The molecule has 96 valence electrons. The molecule has 3 heteroatoms. The van der Waals surface area contributed by atoms with Crippen LogP contribution in [0.3, 0.4) is 0 Å². The van der Waals surface area contributed by atoms with Crippen LogP contribution < -0.4 is 5.32 Å². The van der Waals surface area contributed by atoms with E-state index in [4.69, 9.17) is 0 Å². The summed E-state index contributed by atoms with van der Waals surface area (Å²) < 4.78 is 13.4. The van der Waals surface area contributed by atoms with Crippen molar-refractivity contribution >= 4 is 11.3 Å². The molecule has 1 unspecified atom stereocenters. The molecule has 0 aliphatic heterocycles. The van der Waals surface area contributed by atoms with Crippen molar-refractivity contribution in [1.82, 2.24) is 5.32 Å². The van der Waals surface area contributed by atoms with Crippen molar-refractivity contribution in [3.05, 3.63) is 57.5 Å². The molecule has 0 bridgehead atoms. The molecule has 1 N–H and O–H groups in total. The van der Waals surface area contributed by atoms with E-state index < -0.39 is 0 Å². The Morgan fingerprint density at radius 3 is 2.78 bits per heavy atom. The number of halogens is 1.